The predicted octanol–water partition coefficient (Wildman–Crippen LogP) is -2.63. The minimum atomic E-state index is -0.955. The number of piperidine rings is 1. The van der Waals surface area contributed by atoms with E-state index in [1.54, 1.807) is 5.43 Å². The summed E-state index contributed by atoms with van der Waals surface area (Å²) in [5.41, 5.74) is 1.69. The van der Waals surface area contributed by atoms with Crippen LogP contribution in [0.15, 0.2) is 0 Å². The summed E-state index contributed by atoms with van der Waals surface area (Å²) in [5, 5.41) is 4.85. The molecule has 5 N–H and O–H groups in total. The lowest BCUT2D eigenvalue weighted by atomic mass is 10.1. The smallest absolute Gasteiger partial charge is 0.323 e. The zero-order valence-electron chi connectivity index (χ0n) is 7.50. The van der Waals surface area contributed by atoms with Crippen LogP contribution in [-0.2, 0) is 14.4 Å². The van der Waals surface area contributed by atoms with E-state index in [4.69, 9.17) is 5.84 Å². The van der Waals surface area contributed by atoms with Crippen LogP contribution < -0.4 is 21.9 Å². The molecule has 1 fully saturated rings. The van der Waals surface area contributed by atoms with Crippen molar-refractivity contribution in [1.29, 1.82) is 0 Å². The molecule has 7 heteroatoms. The molecule has 0 aromatic carbocycles. The van der Waals surface area contributed by atoms with Gasteiger partial charge in [-0.25, -0.2) is 5.84 Å². The lowest BCUT2D eigenvalue weighted by Gasteiger charge is -2.22. The Hall–Kier alpha value is -1.63. The summed E-state index contributed by atoms with van der Waals surface area (Å²) in [6, 6.07) is -0.631. The van der Waals surface area contributed by atoms with Crippen LogP contribution >= 0.6 is 0 Å². The molecular formula is C7H12N4O3. The molecule has 1 aliphatic heterocycles. The fourth-order valence-corrected chi connectivity index (χ4v) is 1.20. The van der Waals surface area contributed by atoms with E-state index in [1.807, 2.05) is 0 Å². The fraction of sp³-hybridized carbons (Fsp3) is 0.571. The molecule has 0 saturated carbocycles. The average Bonchev–Trinajstić information content (AvgIpc) is 2.20. The number of carbonyl (C=O) groups is 3. The zero-order valence-corrected chi connectivity index (χ0v) is 7.50. The Morgan fingerprint density at radius 2 is 2.14 bits per heavy atom. The maximum absolute atomic E-state index is 11.2. The number of rotatable bonds is 1. The third-order valence-electron chi connectivity index (χ3n) is 1.93. The maximum Gasteiger partial charge on any atom is 0.323 e. The van der Waals surface area contributed by atoms with Gasteiger partial charge in [0, 0.05) is 6.54 Å². The molecule has 0 radical (unpaired) electrons. The van der Waals surface area contributed by atoms with Gasteiger partial charge in [0.25, 0.3) is 0 Å². The highest BCUT2D eigenvalue weighted by Gasteiger charge is 2.25. The van der Waals surface area contributed by atoms with Crippen LogP contribution in [-0.4, -0.2) is 30.3 Å². The summed E-state index contributed by atoms with van der Waals surface area (Å²) in [6.45, 7) is 0.605. The van der Waals surface area contributed by atoms with Crippen LogP contribution in [0.1, 0.15) is 12.8 Å². The largest absolute Gasteiger partial charge is 0.354 e. The van der Waals surface area contributed by atoms with Crippen molar-refractivity contribution in [3.8, 4) is 0 Å². The van der Waals surface area contributed by atoms with E-state index in [1.165, 1.54) is 0 Å². The minimum Gasteiger partial charge on any atom is -0.354 e. The van der Waals surface area contributed by atoms with Gasteiger partial charge in [-0.3, -0.25) is 19.8 Å². The molecule has 0 bridgehead atoms. The van der Waals surface area contributed by atoms with Gasteiger partial charge in [0.2, 0.25) is 5.91 Å². The first-order chi connectivity index (χ1) is 6.65. The van der Waals surface area contributed by atoms with Crippen molar-refractivity contribution in [2.24, 2.45) is 5.84 Å². The second-order valence-electron chi connectivity index (χ2n) is 2.93. The molecule has 1 rings (SSSR count). The van der Waals surface area contributed by atoms with Gasteiger partial charge >= 0.3 is 11.8 Å². The van der Waals surface area contributed by atoms with Crippen LogP contribution in [0.25, 0.3) is 0 Å². The van der Waals surface area contributed by atoms with Gasteiger partial charge in [-0.15, -0.1) is 0 Å². The Balaban J connectivity index is 2.46. The molecule has 3 amide bonds. The predicted molar refractivity (Wildman–Crippen MR) is 46.5 cm³/mol. The first kappa shape index (κ1) is 10.5. The molecule has 7 nitrogen and oxygen atoms in total. The maximum atomic E-state index is 11.2. The topological polar surface area (TPSA) is 113 Å². The lowest BCUT2D eigenvalue weighted by molar-refractivity contribution is -0.141. The summed E-state index contributed by atoms with van der Waals surface area (Å²) in [6.07, 6.45) is 1.32. The average molecular weight is 200 g/mol. The van der Waals surface area contributed by atoms with Crippen molar-refractivity contribution < 1.29 is 14.4 Å². The molecule has 1 heterocycles. The molecule has 0 aliphatic carbocycles. The van der Waals surface area contributed by atoms with Crippen molar-refractivity contribution in [3.63, 3.8) is 0 Å². The molecule has 78 valence electrons. The van der Waals surface area contributed by atoms with Crippen LogP contribution in [0, 0.1) is 0 Å². The third kappa shape index (κ3) is 2.43. The van der Waals surface area contributed by atoms with Crippen LogP contribution in [0.4, 0.5) is 0 Å². The molecular weight excluding hydrogens is 188 g/mol. The van der Waals surface area contributed by atoms with E-state index in [0.717, 1.165) is 6.42 Å². The Bertz CT molecular complexity index is 266. The molecule has 0 aromatic heterocycles. The monoisotopic (exact) mass is 200 g/mol. The van der Waals surface area contributed by atoms with Crippen LogP contribution in [0.5, 0.6) is 0 Å². The van der Waals surface area contributed by atoms with Crippen molar-refractivity contribution in [2.75, 3.05) is 6.54 Å². The number of hydrogen-bond donors (Lipinski definition) is 4. The molecule has 1 aliphatic rings. The summed E-state index contributed by atoms with van der Waals surface area (Å²) in [4.78, 5) is 32.9. The molecule has 1 unspecified atom stereocenters. The van der Waals surface area contributed by atoms with Crippen molar-refractivity contribution in [2.45, 2.75) is 18.9 Å². The fourth-order valence-electron chi connectivity index (χ4n) is 1.20. The standard InChI is InChI=1S/C7H12N4O3/c8-11-7(14)6(13)10-4-2-1-3-9-5(4)12/h4H,1-3,8H2,(H,9,12)(H,10,13)(H,11,14). The van der Waals surface area contributed by atoms with E-state index in [9.17, 15) is 14.4 Å². The third-order valence-corrected chi connectivity index (χ3v) is 1.93. The molecule has 14 heavy (non-hydrogen) atoms. The number of nitrogens with one attached hydrogen (secondary N) is 3. The number of nitrogens with two attached hydrogens (primary N) is 1. The van der Waals surface area contributed by atoms with Crippen LogP contribution in [0.3, 0.4) is 0 Å². The lowest BCUT2D eigenvalue weighted by Crippen LogP contribution is -2.54. The Morgan fingerprint density at radius 3 is 2.71 bits per heavy atom. The number of carbonyl (C=O) groups excluding carboxylic acids is 3. The normalized spacial score (nSPS) is 20.9. The van der Waals surface area contributed by atoms with Crippen molar-refractivity contribution >= 4 is 17.7 Å². The van der Waals surface area contributed by atoms with Gasteiger partial charge in [-0.1, -0.05) is 0 Å². The molecule has 0 spiro atoms. The van der Waals surface area contributed by atoms with E-state index in [0.29, 0.717) is 13.0 Å². The van der Waals surface area contributed by atoms with Gasteiger partial charge in [0.1, 0.15) is 6.04 Å². The second-order valence-corrected chi connectivity index (χ2v) is 2.93. The van der Waals surface area contributed by atoms with E-state index >= 15 is 0 Å². The number of amides is 3. The Morgan fingerprint density at radius 1 is 1.43 bits per heavy atom. The number of hydrazine groups is 1. The molecule has 0 aromatic rings. The van der Waals surface area contributed by atoms with Gasteiger partial charge in [-0.2, -0.15) is 0 Å². The molecule has 1 atom stereocenters. The second kappa shape index (κ2) is 4.56. The SMILES string of the molecule is NNC(=O)C(=O)NC1CCCNC1=O. The first-order valence-corrected chi connectivity index (χ1v) is 4.24. The quantitative estimate of drug-likeness (QED) is 0.160. The highest BCUT2D eigenvalue weighted by atomic mass is 16.2. The number of hydrogen-bond acceptors (Lipinski definition) is 4. The zero-order chi connectivity index (χ0) is 10.6. The van der Waals surface area contributed by atoms with Gasteiger partial charge in [0.05, 0.1) is 0 Å². The summed E-state index contributed by atoms with van der Waals surface area (Å²) in [7, 11) is 0. The highest BCUT2D eigenvalue weighted by molar-refractivity contribution is 6.35. The van der Waals surface area contributed by atoms with Crippen molar-refractivity contribution in [3.05, 3.63) is 0 Å². The Kier molecular flexibility index (Phi) is 3.41. The van der Waals surface area contributed by atoms with Crippen LogP contribution in [0.2, 0.25) is 0 Å². The van der Waals surface area contributed by atoms with E-state index < -0.39 is 17.9 Å². The summed E-state index contributed by atoms with van der Waals surface area (Å²) in [5.74, 6) is 2.63. The van der Waals surface area contributed by atoms with Gasteiger partial charge in [-0.05, 0) is 12.8 Å². The first-order valence-electron chi connectivity index (χ1n) is 4.24. The Labute approximate surface area is 80.4 Å². The van der Waals surface area contributed by atoms with E-state index in [-0.39, 0.29) is 5.91 Å². The van der Waals surface area contributed by atoms with Gasteiger partial charge < -0.3 is 10.6 Å². The van der Waals surface area contributed by atoms with E-state index in [2.05, 4.69) is 10.6 Å². The summed E-state index contributed by atoms with van der Waals surface area (Å²) >= 11 is 0. The van der Waals surface area contributed by atoms with Crippen molar-refractivity contribution in [1.82, 2.24) is 16.1 Å². The van der Waals surface area contributed by atoms with Gasteiger partial charge in [0.15, 0.2) is 0 Å². The minimum absolute atomic E-state index is 0.269. The summed E-state index contributed by atoms with van der Waals surface area (Å²) < 4.78 is 0. The highest BCUT2D eigenvalue weighted by Crippen LogP contribution is 2.02. The molecule has 1 saturated heterocycles.